The van der Waals surface area contributed by atoms with Gasteiger partial charge in [0.05, 0.1) is 25.8 Å². The highest BCUT2D eigenvalue weighted by Gasteiger charge is 2.36. The summed E-state index contributed by atoms with van der Waals surface area (Å²) in [6.45, 7) is 2.35. The molecule has 3 rings (SSSR count). The Labute approximate surface area is 161 Å². The summed E-state index contributed by atoms with van der Waals surface area (Å²) in [4.78, 5) is 26.6. The van der Waals surface area contributed by atoms with Crippen LogP contribution in [-0.4, -0.2) is 42.8 Å². The number of amides is 2. The minimum atomic E-state index is -0.456. The van der Waals surface area contributed by atoms with Gasteiger partial charge in [-0.15, -0.1) is 10.2 Å². The number of carbonyl (C=O) groups excluding carboxylic acids is 2. The van der Waals surface area contributed by atoms with E-state index in [1.807, 2.05) is 0 Å². The van der Waals surface area contributed by atoms with Gasteiger partial charge >= 0.3 is 0 Å². The van der Waals surface area contributed by atoms with Crippen LogP contribution in [0.2, 0.25) is 0 Å². The number of nitrogens with zero attached hydrogens (tertiary/aromatic N) is 3. The van der Waals surface area contributed by atoms with Crippen molar-refractivity contribution in [1.29, 1.82) is 0 Å². The fourth-order valence-corrected chi connectivity index (χ4v) is 3.79. The molecule has 2 heterocycles. The van der Waals surface area contributed by atoms with Gasteiger partial charge in [0.15, 0.2) is 0 Å². The lowest BCUT2D eigenvalue weighted by atomic mass is 10.1. The van der Waals surface area contributed by atoms with E-state index in [1.54, 1.807) is 30.2 Å². The SMILES string of the molecule is CCCc1nnc(NC(=O)C2CC(=O)N(c3ccc(OC)cc3OC)C2)s1. The molecule has 1 N–H and O–H groups in total. The topological polar surface area (TPSA) is 93.7 Å². The van der Waals surface area contributed by atoms with Gasteiger partial charge in [0, 0.05) is 25.5 Å². The Balaban J connectivity index is 1.70. The highest BCUT2D eigenvalue weighted by Crippen LogP contribution is 2.36. The van der Waals surface area contributed by atoms with Crippen molar-refractivity contribution >= 4 is 34.0 Å². The normalized spacial score (nSPS) is 16.5. The van der Waals surface area contributed by atoms with Crippen molar-refractivity contribution < 1.29 is 19.1 Å². The zero-order valence-electron chi connectivity index (χ0n) is 15.5. The van der Waals surface area contributed by atoms with Crippen LogP contribution in [0.4, 0.5) is 10.8 Å². The van der Waals surface area contributed by atoms with Crippen LogP contribution >= 0.6 is 11.3 Å². The van der Waals surface area contributed by atoms with E-state index >= 15 is 0 Å². The van der Waals surface area contributed by atoms with Crippen LogP contribution < -0.4 is 19.7 Å². The van der Waals surface area contributed by atoms with E-state index in [0.717, 1.165) is 17.8 Å². The Hall–Kier alpha value is -2.68. The first-order valence-corrected chi connectivity index (χ1v) is 9.53. The minimum absolute atomic E-state index is 0.123. The molecule has 0 spiro atoms. The van der Waals surface area contributed by atoms with Gasteiger partial charge in [-0.25, -0.2) is 0 Å². The summed E-state index contributed by atoms with van der Waals surface area (Å²) < 4.78 is 10.6. The van der Waals surface area contributed by atoms with Crippen LogP contribution in [0.3, 0.4) is 0 Å². The van der Waals surface area contributed by atoms with Crippen LogP contribution in [0.15, 0.2) is 18.2 Å². The Kier molecular flexibility index (Phi) is 5.90. The third-order valence-electron chi connectivity index (χ3n) is 4.33. The summed E-state index contributed by atoms with van der Waals surface area (Å²) in [5.41, 5.74) is 0.625. The van der Waals surface area contributed by atoms with Gasteiger partial charge in [0.2, 0.25) is 16.9 Å². The highest BCUT2D eigenvalue weighted by atomic mass is 32.1. The predicted octanol–water partition coefficient (Wildman–Crippen LogP) is 2.50. The minimum Gasteiger partial charge on any atom is -0.497 e. The average Bonchev–Trinajstić information content (AvgIpc) is 3.28. The molecule has 0 radical (unpaired) electrons. The van der Waals surface area contributed by atoms with E-state index in [9.17, 15) is 9.59 Å². The largest absolute Gasteiger partial charge is 0.497 e. The van der Waals surface area contributed by atoms with E-state index in [4.69, 9.17) is 9.47 Å². The van der Waals surface area contributed by atoms with E-state index in [1.165, 1.54) is 18.4 Å². The van der Waals surface area contributed by atoms with Gasteiger partial charge in [0.25, 0.3) is 0 Å². The summed E-state index contributed by atoms with van der Waals surface area (Å²) in [5.74, 6) is 0.357. The van der Waals surface area contributed by atoms with Crippen molar-refractivity contribution in [3.8, 4) is 11.5 Å². The van der Waals surface area contributed by atoms with Crippen molar-refractivity contribution in [2.45, 2.75) is 26.2 Å². The molecule has 1 atom stereocenters. The molecule has 1 unspecified atom stereocenters. The molecular weight excluding hydrogens is 368 g/mol. The van der Waals surface area contributed by atoms with E-state index in [-0.39, 0.29) is 24.8 Å². The second kappa shape index (κ2) is 8.34. The summed E-state index contributed by atoms with van der Waals surface area (Å²) in [7, 11) is 3.10. The number of benzene rings is 1. The van der Waals surface area contributed by atoms with Gasteiger partial charge < -0.3 is 19.7 Å². The zero-order chi connectivity index (χ0) is 19.4. The number of methoxy groups -OCH3 is 2. The average molecular weight is 390 g/mol. The quantitative estimate of drug-likeness (QED) is 0.781. The number of aryl methyl sites for hydroxylation is 1. The fraction of sp³-hybridized carbons (Fsp3) is 0.444. The number of hydrogen-bond acceptors (Lipinski definition) is 7. The van der Waals surface area contributed by atoms with Crippen LogP contribution in [0.25, 0.3) is 0 Å². The van der Waals surface area contributed by atoms with Gasteiger partial charge in [-0.3, -0.25) is 9.59 Å². The van der Waals surface area contributed by atoms with Gasteiger partial charge in [-0.2, -0.15) is 0 Å². The number of ether oxygens (including phenoxy) is 2. The first kappa shape index (κ1) is 19.1. The van der Waals surface area contributed by atoms with Crippen molar-refractivity contribution in [1.82, 2.24) is 10.2 Å². The Morgan fingerprint density at radius 1 is 1.33 bits per heavy atom. The molecule has 1 aromatic heterocycles. The molecule has 27 heavy (non-hydrogen) atoms. The van der Waals surface area contributed by atoms with Crippen molar-refractivity contribution in [2.24, 2.45) is 5.92 Å². The van der Waals surface area contributed by atoms with Crippen molar-refractivity contribution in [3.05, 3.63) is 23.2 Å². The van der Waals surface area contributed by atoms with Gasteiger partial charge in [0.1, 0.15) is 16.5 Å². The molecule has 9 heteroatoms. The smallest absolute Gasteiger partial charge is 0.231 e. The Morgan fingerprint density at radius 3 is 2.85 bits per heavy atom. The van der Waals surface area contributed by atoms with Crippen LogP contribution in [0.1, 0.15) is 24.8 Å². The van der Waals surface area contributed by atoms with Gasteiger partial charge in [-0.05, 0) is 18.6 Å². The number of aromatic nitrogens is 2. The van der Waals surface area contributed by atoms with E-state index in [0.29, 0.717) is 22.3 Å². The lowest BCUT2D eigenvalue weighted by Crippen LogP contribution is -2.28. The summed E-state index contributed by atoms with van der Waals surface area (Å²) in [5, 5.41) is 12.2. The van der Waals surface area contributed by atoms with Gasteiger partial charge in [-0.1, -0.05) is 18.3 Å². The molecule has 2 aromatic rings. The molecule has 1 aromatic carbocycles. The molecule has 0 aliphatic carbocycles. The number of hydrogen-bond donors (Lipinski definition) is 1. The standard InChI is InChI=1S/C18H22N4O4S/c1-4-5-15-20-21-18(27-15)19-17(24)11-8-16(23)22(10-11)13-7-6-12(25-2)9-14(13)26-3/h6-7,9,11H,4-5,8,10H2,1-3H3,(H,19,21,24). The summed E-state index contributed by atoms with van der Waals surface area (Å²) in [6.07, 6.45) is 1.94. The molecular formula is C18H22N4O4S. The van der Waals surface area contributed by atoms with Crippen LogP contribution in [-0.2, 0) is 16.0 Å². The van der Waals surface area contributed by atoms with Crippen LogP contribution in [0.5, 0.6) is 11.5 Å². The zero-order valence-corrected chi connectivity index (χ0v) is 16.3. The van der Waals surface area contributed by atoms with Crippen molar-refractivity contribution in [2.75, 3.05) is 31.0 Å². The maximum Gasteiger partial charge on any atom is 0.231 e. The maximum atomic E-state index is 12.6. The number of rotatable bonds is 7. The Bertz CT molecular complexity index is 839. The molecule has 2 amide bonds. The maximum absolute atomic E-state index is 12.6. The molecule has 1 fully saturated rings. The Morgan fingerprint density at radius 2 is 2.15 bits per heavy atom. The lowest BCUT2D eigenvalue weighted by Gasteiger charge is -2.20. The molecule has 1 aliphatic rings. The second-order valence-corrected chi connectivity index (χ2v) is 7.25. The lowest BCUT2D eigenvalue weighted by molar-refractivity contribution is -0.122. The molecule has 1 aliphatic heterocycles. The monoisotopic (exact) mass is 390 g/mol. The number of nitrogens with one attached hydrogen (secondary N) is 1. The molecule has 8 nitrogen and oxygen atoms in total. The molecule has 0 bridgehead atoms. The summed E-state index contributed by atoms with van der Waals surface area (Å²) >= 11 is 1.37. The number of carbonyl (C=O) groups is 2. The highest BCUT2D eigenvalue weighted by molar-refractivity contribution is 7.15. The number of anilines is 2. The molecule has 0 saturated carbocycles. The first-order valence-electron chi connectivity index (χ1n) is 8.71. The third kappa shape index (κ3) is 4.19. The first-order chi connectivity index (χ1) is 13.0. The predicted molar refractivity (Wildman–Crippen MR) is 103 cm³/mol. The summed E-state index contributed by atoms with van der Waals surface area (Å²) in [6, 6.07) is 5.24. The second-order valence-electron chi connectivity index (χ2n) is 6.18. The molecule has 1 saturated heterocycles. The van der Waals surface area contributed by atoms with Crippen LogP contribution in [0, 0.1) is 5.92 Å². The van der Waals surface area contributed by atoms with E-state index < -0.39 is 5.92 Å². The van der Waals surface area contributed by atoms with E-state index in [2.05, 4.69) is 22.4 Å². The fourth-order valence-electron chi connectivity index (χ4n) is 2.95. The third-order valence-corrected chi connectivity index (χ3v) is 5.23. The van der Waals surface area contributed by atoms with Crippen molar-refractivity contribution in [3.63, 3.8) is 0 Å². The molecule has 144 valence electrons.